The summed E-state index contributed by atoms with van der Waals surface area (Å²) in [6, 6.07) is 5.84. The van der Waals surface area contributed by atoms with Gasteiger partial charge in [-0.25, -0.2) is 14.5 Å². The molecule has 2 aliphatic rings. The molecule has 204 valence electrons. The van der Waals surface area contributed by atoms with Gasteiger partial charge in [-0.05, 0) is 51.8 Å². The Kier molecular flexibility index (Phi) is 6.63. The van der Waals surface area contributed by atoms with Crippen molar-refractivity contribution in [2.24, 2.45) is 0 Å². The van der Waals surface area contributed by atoms with Crippen molar-refractivity contribution in [2.45, 2.75) is 45.1 Å². The molecule has 1 amide bonds. The molecule has 0 bridgehead atoms. The van der Waals surface area contributed by atoms with Gasteiger partial charge in [-0.1, -0.05) is 0 Å². The van der Waals surface area contributed by atoms with Gasteiger partial charge < -0.3 is 24.3 Å². The average molecular weight is 532 g/mol. The van der Waals surface area contributed by atoms with Gasteiger partial charge in [-0.15, -0.1) is 0 Å². The van der Waals surface area contributed by atoms with Gasteiger partial charge in [0.25, 0.3) is 5.95 Å². The van der Waals surface area contributed by atoms with Crippen molar-refractivity contribution < 1.29 is 14.3 Å². The monoisotopic (exact) mass is 531 g/mol. The van der Waals surface area contributed by atoms with Crippen LogP contribution in [0.1, 0.15) is 45.2 Å². The van der Waals surface area contributed by atoms with Crippen molar-refractivity contribution >= 4 is 23.1 Å². The Morgan fingerprint density at radius 2 is 1.77 bits per heavy atom. The number of pyridine rings is 1. The Labute approximate surface area is 226 Å². The van der Waals surface area contributed by atoms with E-state index < -0.39 is 5.60 Å². The molecule has 4 aromatic heterocycles. The molecule has 12 heteroatoms. The summed E-state index contributed by atoms with van der Waals surface area (Å²) in [4.78, 5) is 38.5. The molecular weight excluding hydrogens is 498 g/mol. The van der Waals surface area contributed by atoms with Gasteiger partial charge in [-0.3, -0.25) is 4.98 Å². The topological polar surface area (TPSA) is 127 Å². The highest BCUT2D eigenvalue weighted by Crippen LogP contribution is 2.30. The fourth-order valence-electron chi connectivity index (χ4n) is 4.98. The Hall–Kier alpha value is -4.06. The van der Waals surface area contributed by atoms with E-state index >= 15 is 0 Å². The summed E-state index contributed by atoms with van der Waals surface area (Å²) < 4.78 is 12.8. The van der Waals surface area contributed by atoms with Crippen LogP contribution in [-0.4, -0.2) is 90.7 Å². The lowest BCUT2D eigenvalue weighted by molar-refractivity contribution is 0.0204. The van der Waals surface area contributed by atoms with Crippen LogP contribution in [0.2, 0.25) is 0 Å². The molecule has 4 aromatic rings. The van der Waals surface area contributed by atoms with E-state index in [1.54, 1.807) is 22.0 Å². The second-order valence-corrected chi connectivity index (χ2v) is 10.9. The molecule has 0 spiro atoms. The number of hydrogen-bond acceptors (Lipinski definition) is 9. The van der Waals surface area contributed by atoms with Crippen molar-refractivity contribution in [1.29, 1.82) is 0 Å². The summed E-state index contributed by atoms with van der Waals surface area (Å²) in [5.41, 5.74) is 2.76. The molecule has 0 aromatic carbocycles. The number of rotatable bonds is 4. The second-order valence-electron chi connectivity index (χ2n) is 10.9. The number of piperidine rings is 1. The lowest BCUT2D eigenvalue weighted by Crippen LogP contribution is -2.41. The van der Waals surface area contributed by atoms with Gasteiger partial charge in [0.15, 0.2) is 11.5 Å². The number of nitrogens with one attached hydrogen (secondary N) is 1. The highest BCUT2D eigenvalue weighted by atomic mass is 16.6. The molecule has 0 unspecified atom stereocenters. The van der Waals surface area contributed by atoms with Crippen LogP contribution in [0.3, 0.4) is 0 Å². The molecule has 2 saturated heterocycles. The Balaban J connectivity index is 1.26. The SMILES string of the molecule is CC(C)(C)OC(=O)N1CCC(c2ccn(-c3nc(N4CCOCC4)c4[nH]c(-c5ccncc5)nc4n3)n2)CC1. The smallest absolute Gasteiger partial charge is 0.410 e. The lowest BCUT2D eigenvalue weighted by atomic mass is 9.94. The van der Waals surface area contributed by atoms with Crippen LogP contribution in [0, 0.1) is 0 Å². The number of amides is 1. The summed E-state index contributed by atoms with van der Waals surface area (Å²) in [6.45, 7) is 9.68. The number of morpholine rings is 1. The number of likely N-dealkylation sites (tertiary alicyclic amines) is 1. The number of imidazole rings is 1. The number of H-pyrrole nitrogens is 1. The number of hydrogen-bond donors (Lipinski definition) is 1. The Morgan fingerprint density at radius 1 is 1.03 bits per heavy atom. The van der Waals surface area contributed by atoms with Crippen LogP contribution in [0.25, 0.3) is 28.5 Å². The fraction of sp³-hybridized carbons (Fsp3) is 0.481. The third-order valence-corrected chi connectivity index (χ3v) is 6.96. The van der Waals surface area contributed by atoms with Crippen molar-refractivity contribution in [3.63, 3.8) is 0 Å². The first-order valence-electron chi connectivity index (χ1n) is 13.4. The summed E-state index contributed by atoms with van der Waals surface area (Å²) in [7, 11) is 0. The van der Waals surface area contributed by atoms with Crippen LogP contribution in [0.15, 0.2) is 36.8 Å². The predicted molar refractivity (Wildman–Crippen MR) is 145 cm³/mol. The summed E-state index contributed by atoms with van der Waals surface area (Å²) >= 11 is 0. The van der Waals surface area contributed by atoms with Gasteiger partial charge in [0.1, 0.15) is 16.9 Å². The van der Waals surface area contributed by atoms with Crippen LogP contribution >= 0.6 is 0 Å². The summed E-state index contributed by atoms with van der Waals surface area (Å²) in [6.07, 6.45) is 6.77. The number of ether oxygens (including phenoxy) is 2. The molecule has 6 rings (SSSR count). The van der Waals surface area contributed by atoms with Gasteiger partial charge >= 0.3 is 6.09 Å². The molecule has 0 saturated carbocycles. The molecule has 0 atom stereocenters. The number of fused-ring (bicyclic) bond motifs is 1. The molecule has 0 radical (unpaired) electrons. The molecule has 1 N–H and O–H groups in total. The highest BCUT2D eigenvalue weighted by Gasteiger charge is 2.29. The third-order valence-electron chi connectivity index (χ3n) is 6.96. The number of carbonyl (C=O) groups is 1. The van der Waals surface area contributed by atoms with Crippen LogP contribution in [-0.2, 0) is 9.47 Å². The molecule has 0 aliphatic carbocycles. The standard InChI is InChI=1S/C27H33N9O3/c1-27(2,3)39-26(37)35-11-6-18(7-12-35)20-8-13-36(33-20)25-31-23-21(24(32-25)34-14-16-38-17-15-34)29-22(30-23)19-4-9-28-10-5-19/h4-5,8-10,13,18H,6-7,11-12,14-17H2,1-3H3,(H,29,30,31,32). The first kappa shape index (κ1) is 25.2. The van der Waals surface area contributed by atoms with E-state index in [0.717, 1.165) is 48.5 Å². The highest BCUT2D eigenvalue weighted by molar-refractivity contribution is 5.86. The number of nitrogens with zero attached hydrogens (tertiary/aromatic N) is 8. The zero-order valence-electron chi connectivity index (χ0n) is 22.5. The van der Waals surface area contributed by atoms with E-state index in [9.17, 15) is 4.79 Å². The number of carbonyl (C=O) groups excluding carboxylic acids is 1. The first-order chi connectivity index (χ1) is 18.8. The maximum atomic E-state index is 12.5. The van der Waals surface area contributed by atoms with E-state index in [1.165, 1.54) is 0 Å². The zero-order valence-corrected chi connectivity index (χ0v) is 22.5. The molecule has 12 nitrogen and oxygen atoms in total. The van der Waals surface area contributed by atoms with Crippen molar-refractivity contribution in [2.75, 3.05) is 44.3 Å². The normalized spacial score (nSPS) is 17.1. The van der Waals surface area contributed by atoms with Gasteiger partial charge in [-0.2, -0.15) is 15.1 Å². The minimum atomic E-state index is -0.499. The van der Waals surface area contributed by atoms with Gasteiger partial charge in [0.05, 0.1) is 18.9 Å². The van der Waals surface area contributed by atoms with Crippen molar-refractivity contribution in [1.82, 2.24) is 39.6 Å². The molecule has 6 heterocycles. The van der Waals surface area contributed by atoms with Crippen LogP contribution in [0.4, 0.5) is 10.6 Å². The maximum absolute atomic E-state index is 12.5. The minimum absolute atomic E-state index is 0.246. The molecule has 2 fully saturated rings. The van der Waals surface area contributed by atoms with Gasteiger partial charge in [0.2, 0.25) is 0 Å². The van der Waals surface area contributed by atoms with E-state index in [4.69, 9.17) is 29.5 Å². The van der Waals surface area contributed by atoms with E-state index in [-0.39, 0.29) is 12.0 Å². The minimum Gasteiger partial charge on any atom is -0.444 e. The summed E-state index contributed by atoms with van der Waals surface area (Å²) in [5.74, 6) is 2.21. The van der Waals surface area contributed by atoms with E-state index in [2.05, 4.69) is 14.9 Å². The third kappa shape index (κ3) is 5.42. The zero-order chi connectivity index (χ0) is 27.0. The average Bonchev–Trinajstić information content (AvgIpc) is 3.61. The number of aromatic amines is 1. The van der Waals surface area contributed by atoms with Crippen LogP contribution < -0.4 is 4.90 Å². The molecule has 39 heavy (non-hydrogen) atoms. The van der Waals surface area contributed by atoms with Crippen LogP contribution in [0.5, 0.6) is 0 Å². The lowest BCUT2D eigenvalue weighted by Gasteiger charge is -2.32. The van der Waals surface area contributed by atoms with E-state index in [0.29, 0.717) is 43.7 Å². The summed E-state index contributed by atoms with van der Waals surface area (Å²) in [5, 5.41) is 4.86. The fourth-order valence-corrected chi connectivity index (χ4v) is 4.98. The second kappa shape index (κ2) is 10.3. The number of anilines is 1. The quantitative estimate of drug-likeness (QED) is 0.420. The Morgan fingerprint density at radius 3 is 2.49 bits per heavy atom. The predicted octanol–water partition coefficient (Wildman–Crippen LogP) is 3.55. The van der Waals surface area contributed by atoms with E-state index in [1.807, 2.05) is 45.2 Å². The first-order valence-corrected chi connectivity index (χ1v) is 13.4. The van der Waals surface area contributed by atoms with Crippen molar-refractivity contribution in [3.8, 4) is 17.3 Å². The van der Waals surface area contributed by atoms with Crippen molar-refractivity contribution in [3.05, 3.63) is 42.5 Å². The molecular formula is C27H33N9O3. The number of aromatic nitrogens is 7. The largest absolute Gasteiger partial charge is 0.444 e. The van der Waals surface area contributed by atoms with Gasteiger partial charge in [0, 0.05) is 56.3 Å². The Bertz CT molecular complexity index is 1450. The molecule has 2 aliphatic heterocycles. The maximum Gasteiger partial charge on any atom is 0.410 e.